The van der Waals surface area contributed by atoms with E-state index in [9.17, 15) is 4.79 Å². The van der Waals surface area contributed by atoms with Crippen LogP contribution in [0.15, 0.2) is 6.20 Å². The quantitative estimate of drug-likeness (QED) is 0.710. The molecule has 3 N–H and O–H groups in total. The van der Waals surface area contributed by atoms with Crippen molar-refractivity contribution in [2.45, 2.75) is 32.2 Å². The van der Waals surface area contributed by atoms with Gasteiger partial charge >= 0.3 is 0 Å². The second-order valence-electron chi connectivity index (χ2n) is 3.93. The van der Waals surface area contributed by atoms with E-state index in [0.29, 0.717) is 5.69 Å². The van der Waals surface area contributed by atoms with Crippen LogP contribution in [0.2, 0.25) is 0 Å². The number of carbonyl (C=O) groups is 1. The third-order valence-electron chi connectivity index (χ3n) is 2.88. The van der Waals surface area contributed by atoms with E-state index < -0.39 is 0 Å². The van der Waals surface area contributed by atoms with E-state index in [2.05, 4.69) is 10.4 Å². The molecule has 1 amide bonds. The minimum Gasteiger partial charge on any atom is -0.396 e. The molecule has 1 saturated heterocycles. The SMILES string of the molecule is Cc1c(N)cnn1C1CCCCNC1=O. The van der Waals surface area contributed by atoms with Gasteiger partial charge in [-0.2, -0.15) is 5.10 Å². The lowest BCUT2D eigenvalue weighted by Crippen LogP contribution is -2.31. The largest absolute Gasteiger partial charge is 0.396 e. The normalized spacial score (nSPS) is 22.2. The Morgan fingerprint density at radius 3 is 3.07 bits per heavy atom. The van der Waals surface area contributed by atoms with Gasteiger partial charge in [-0.25, -0.2) is 0 Å². The highest BCUT2D eigenvalue weighted by Gasteiger charge is 2.24. The fraction of sp³-hybridized carbons (Fsp3) is 0.600. The maximum Gasteiger partial charge on any atom is 0.244 e. The molecule has 2 heterocycles. The number of carbonyl (C=O) groups excluding carboxylic acids is 1. The number of anilines is 1. The number of hydrogen-bond donors (Lipinski definition) is 2. The molecule has 82 valence electrons. The van der Waals surface area contributed by atoms with Crippen molar-refractivity contribution < 1.29 is 4.79 Å². The summed E-state index contributed by atoms with van der Waals surface area (Å²) >= 11 is 0. The molecule has 1 aromatic rings. The van der Waals surface area contributed by atoms with Crippen molar-refractivity contribution >= 4 is 11.6 Å². The minimum atomic E-state index is -0.190. The lowest BCUT2D eigenvalue weighted by molar-refractivity contribution is -0.124. The number of amides is 1. The fourth-order valence-corrected chi connectivity index (χ4v) is 1.91. The molecular weight excluding hydrogens is 192 g/mol. The molecule has 1 aromatic heterocycles. The molecule has 1 atom stereocenters. The number of nitrogens with one attached hydrogen (secondary N) is 1. The van der Waals surface area contributed by atoms with E-state index in [1.807, 2.05) is 6.92 Å². The molecule has 1 unspecified atom stereocenters. The van der Waals surface area contributed by atoms with Gasteiger partial charge in [0.15, 0.2) is 0 Å². The van der Waals surface area contributed by atoms with E-state index in [4.69, 9.17) is 5.73 Å². The average Bonchev–Trinajstić information content (AvgIpc) is 2.43. The van der Waals surface area contributed by atoms with Crippen LogP contribution in [0.25, 0.3) is 0 Å². The van der Waals surface area contributed by atoms with E-state index >= 15 is 0 Å². The molecule has 15 heavy (non-hydrogen) atoms. The molecule has 0 spiro atoms. The summed E-state index contributed by atoms with van der Waals surface area (Å²) in [5, 5.41) is 7.05. The van der Waals surface area contributed by atoms with Crippen LogP contribution in [0.5, 0.6) is 0 Å². The molecule has 0 bridgehead atoms. The number of rotatable bonds is 1. The molecule has 0 saturated carbocycles. The van der Waals surface area contributed by atoms with Crippen LogP contribution in [0.1, 0.15) is 31.0 Å². The monoisotopic (exact) mass is 208 g/mol. The number of hydrogen-bond acceptors (Lipinski definition) is 3. The van der Waals surface area contributed by atoms with Gasteiger partial charge in [0.05, 0.1) is 17.6 Å². The first-order chi connectivity index (χ1) is 7.20. The summed E-state index contributed by atoms with van der Waals surface area (Å²) in [6.45, 7) is 2.66. The van der Waals surface area contributed by atoms with Gasteiger partial charge in [0.2, 0.25) is 5.91 Å². The highest BCUT2D eigenvalue weighted by molar-refractivity contribution is 5.80. The summed E-state index contributed by atoms with van der Waals surface area (Å²) in [6, 6.07) is -0.190. The van der Waals surface area contributed by atoms with Crippen molar-refractivity contribution in [3.8, 4) is 0 Å². The maximum atomic E-state index is 11.8. The van der Waals surface area contributed by atoms with Crippen molar-refractivity contribution in [1.82, 2.24) is 15.1 Å². The van der Waals surface area contributed by atoms with Crippen LogP contribution in [-0.4, -0.2) is 22.2 Å². The molecule has 0 aromatic carbocycles. The second kappa shape index (κ2) is 3.92. The van der Waals surface area contributed by atoms with Gasteiger partial charge in [0.1, 0.15) is 6.04 Å². The Morgan fingerprint density at radius 2 is 2.40 bits per heavy atom. The number of nitrogen functional groups attached to an aromatic ring is 1. The van der Waals surface area contributed by atoms with Crippen LogP contribution < -0.4 is 11.1 Å². The average molecular weight is 208 g/mol. The van der Waals surface area contributed by atoms with Crippen LogP contribution in [-0.2, 0) is 4.79 Å². The Morgan fingerprint density at radius 1 is 1.60 bits per heavy atom. The maximum absolute atomic E-state index is 11.8. The Kier molecular flexibility index (Phi) is 2.62. The lowest BCUT2D eigenvalue weighted by atomic mass is 10.1. The summed E-state index contributed by atoms with van der Waals surface area (Å²) < 4.78 is 1.73. The minimum absolute atomic E-state index is 0.0544. The van der Waals surface area contributed by atoms with Gasteiger partial charge in [0, 0.05) is 6.54 Å². The zero-order chi connectivity index (χ0) is 10.8. The third-order valence-corrected chi connectivity index (χ3v) is 2.88. The summed E-state index contributed by atoms with van der Waals surface area (Å²) in [6.07, 6.45) is 4.53. The van der Waals surface area contributed by atoms with Crippen molar-refractivity contribution in [1.29, 1.82) is 0 Å². The van der Waals surface area contributed by atoms with Crippen molar-refractivity contribution in [2.75, 3.05) is 12.3 Å². The standard InChI is InChI=1S/C10H16N4O/c1-7-8(11)6-13-14(7)9-4-2-3-5-12-10(9)15/h6,9H,2-5,11H2,1H3,(H,12,15). The van der Waals surface area contributed by atoms with Gasteiger partial charge in [-0.05, 0) is 26.2 Å². The summed E-state index contributed by atoms with van der Waals surface area (Å²) in [5.41, 5.74) is 7.23. The van der Waals surface area contributed by atoms with Crippen LogP contribution in [0, 0.1) is 6.92 Å². The molecule has 1 aliphatic rings. The number of nitrogens with two attached hydrogens (primary N) is 1. The molecule has 5 heteroatoms. The third kappa shape index (κ3) is 1.82. The molecule has 0 radical (unpaired) electrons. The van der Waals surface area contributed by atoms with Gasteiger partial charge in [-0.3, -0.25) is 9.48 Å². The van der Waals surface area contributed by atoms with Crippen molar-refractivity contribution in [3.63, 3.8) is 0 Å². The highest BCUT2D eigenvalue weighted by atomic mass is 16.2. The molecule has 2 rings (SSSR count). The Balaban J connectivity index is 2.28. The smallest absolute Gasteiger partial charge is 0.244 e. The molecule has 0 aliphatic carbocycles. The van der Waals surface area contributed by atoms with Gasteiger partial charge in [-0.15, -0.1) is 0 Å². The zero-order valence-electron chi connectivity index (χ0n) is 8.86. The van der Waals surface area contributed by atoms with Gasteiger partial charge in [-0.1, -0.05) is 0 Å². The Bertz CT molecular complexity index is 371. The Hall–Kier alpha value is -1.52. The fourth-order valence-electron chi connectivity index (χ4n) is 1.91. The molecule has 1 fully saturated rings. The first-order valence-electron chi connectivity index (χ1n) is 5.27. The van der Waals surface area contributed by atoms with E-state index in [1.54, 1.807) is 10.9 Å². The van der Waals surface area contributed by atoms with Crippen LogP contribution in [0.3, 0.4) is 0 Å². The van der Waals surface area contributed by atoms with Crippen molar-refractivity contribution in [3.05, 3.63) is 11.9 Å². The van der Waals surface area contributed by atoms with E-state index in [1.165, 1.54) is 0 Å². The van der Waals surface area contributed by atoms with Crippen LogP contribution in [0.4, 0.5) is 5.69 Å². The predicted molar refractivity (Wildman–Crippen MR) is 57.3 cm³/mol. The number of aromatic nitrogens is 2. The zero-order valence-corrected chi connectivity index (χ0v) is 8.86. The highest BCUT2D eigenvalue weighted by Crippen LogP contribution is 2.21. The summed E-state index contributed by atoms with van der Waals surface area (Å²) in [5.74, 6) is 0.0544. The summed E-state index contributed by atoms with van der Waals surface area (Å²) in [7, 11) is 0. The molecule has 1 aliphatic heterocycles. The lowest BCUT2D eigenvalue weighted by Gasteiger charge is -2.15. The van der Waals surface area contributed by atoms with Gasteiger partial charge in [0.25, 0.3) is 0 Å². The van der Waals surface area contributed by atoms with Crippen LogP contribution >= 0.6 is 0 Å². The van der Waals surface area contributed by atoms with Gasteiger partial charge < -0.3 is 11.1 Å². The molecule has 5 nitrogen and oxygen atoms in total. The predicted octanol–water partition coefficient (Wildman–Crippen LogP) is 0.615. The Labute approximate surface area is 88.6 Å². The first-order valence-corrected chi connectivity index (χ1v) is 5.27. The number of nitrogens with zero attached hydrogens (tertiary/aromatic N) is 2. The van der Waals surface area contributed by atoms with Crippen molar-refractivity contribution in [2.24, 2.45) is 0 Å². The molecular formula is C10H16N4O. The first kappa shape index (κ1) is 10.0. The van der Waals surface area contributed by atoms with E-state index in [-0.39, 0.29) is 11.9 Å². The van der Waals surface area contributed by atoms with E-state index in [0.717, 1.165) is 31.5 Å². The topological polar surface area (TPSA) is 72.9 Å². The second-order valence-corrected chi connectivity index (χ2v) is 3.93. The summed E-state index contributed by atoms with van der Waals surface area (Å²) in [4.78, 5) is 11.8.